The third kappa shape index (κ3) is 5.78. The van der Waals surface area contributed by atoms with E-state index in [1.807, 2.05) is 60.8 Å². The van der Waals surface area contributed by atoms with Crippen molar-refractivity contribution in [1.29, 1.82) is 0 Å². The van der Waals surface area contributed by atoms with Crippen molar-refractivity contribution in [3.8, 4) is 0 Å². The van der Waals surface area contributed by atoms with Gasteiger partial charge in [0.1, 0.15) is 11.6 Å². The van der Waals surface area contributed by atoms with Crippen molar-refractivity contribution >= 4 is 17.6 Å². The summed E-state index contributed by atoms with van der Waals surface area (Å²) in [6, 6.07) is 31.4. The molecule has 0 aromatic heterocycles. The molecule has 4 aromatic rings. The molecule has 0 unspecified atom stereocenters. The lowest BCUT2D eigenvalue weighted by Crippen LogP contribution is -2.48. The Hall–Kier alpha value is -4.03. The van der Waals surface area contributed by atoms with Gasteiger partial charge in [0, 0.05) is 31.9 Å². The highest BCUT2D eigenvalue weighted by Crippen LogP contribution is 2.31. The van der Waals surface area contributed by atoms with Crippen molar-refractivity contribution in [3.63, 3.8) is 0 Å². The summed E-state index contributed by atoms with van der Waals surface area (Å²) in [7, 11) is 0. The molecule has 1 aliphatic heterocycles. The minimum Gasteiger partial charge on any atom is -0.369 e. The largest absolute Gasteiger partial charge is 0.369 e. The number of hydrazone groups is 1. The van der Waals surface area contributed by atoms with Crippen LogP contribution in [0.3, 0.4) is 0 Å². The van der Waals surface area contributed by atoms with E-state index in [1.165, 1.54) is 30.0 Å². The van der Waals surface area contributed by atoms with Gasteiger partial charge in [-0.3, -0.25) is 10.3 Å². The molecule has 5 rings (SSSR count). The fraction of sp³-hybridized carbons (Fsp3) is 0.167. The van der Waals surface area contributed by atoms with E-state index in [1.54, 1.807) is 0 Å². The Morgan fingerprint density at radius 2 is 1.22 bits per heavy atom. The quantitative estimate of drug-likeness (QED) is 0.247. The zero-order valence-corrected chi connectivity index (χ0v) is 19.9. The van der Waals surface area contributed by atoms with Gasteiger partial charge < -0.3 is 4.90 Å². The van der Waals surface area contributed by atoms with Gasteiger partial charge in [0.25, 0.3) is 0 Å². The first kappa shape index (κ1) is 23.7. The van der Waals surface area contributed by atoms with Crippen LogP contribution < -0.4 is 10.3 Å². The van der Waals surface area contributed by atoms with Crippen LogP contribution in [-0.2, 0) is 0 Å². The highest BCUT2D eigenvalue weighted by molar-refractivity contribution is 5.81. The molecule has 1 heterocycles. The summed E-state index contributed by atoms with van der Waals surface area (Å²) in [6.45, 7) is 3.40. The molecule has 0 aliphatic carbocycles. The minimum absolute atomic E-state index is 0.0518. The van der Waals surface area contributed by atoms with Crippen LogP contribution >= 0.6 is 0 Å². The van der Waals surface area contributed by atoms with Crippen molar-refractivity contribution in [2.45, 2.75) is 6.04 Å². The Balaban J connectivity index is 1.24. The van der Waals surface area contributed by atoms with Gasteiger partial charge in [-0.25, -0.2) is 8.78 Å². The number of hydrogen-bond donors (Lipinski definition) is 1. The number of para-hydroxylation sites is 1. The predicted octanol–water partition coefficient (Wildman–Crippen LogP) is 6.32. The number of benzene rings is 4. The highest BCUT2D eigenvalue weighted by atomic mass is 19.1. The average Bonchev–Trinajstić information content (AvgIpc) is 2.92. The molecule has 0 bridgehead atoms. The first-order valence-electron chi connectivity index (χ1n) is 12.1. The molecule has 1 N–H and O–H groups in total. The number of piperazine rings is 1. The predicted molar refractivity (Wildman–Crippen MR) is 143 cm³/mol. The summed E-state index contributed by atoms with van der Waals surface area (Å²) in [6.07, 6.45) is 1.81. The molecule has 1 saturated heterocycles. The fourth-order valence-electron chi connectivity index (χ4n) is 4.61. The topological polar surface area (TPSA) is 30.9 Å². The SMILES string of the molecule is Fc1ccc(C(c2ccc(F)cc2)N2CCN(c3ccc(C=NNc4ccccc4)cc3)CC2)cc1. The molecular formula is C30H28F2N4. The number of anilines is 2. The van der Waals surface area contributed by atoms with Crippen molar-refractivity contribution in [2.75, 3.05) is 36.5 Å². The Bertz CT molecular complexity index is 1220. The van der Waals surface area contributed by atoms with E-state index in [0.29, 0.717) is 0 Å². The number of hydrogen-bond acceptors (Lipinski definition) is 4. The van der Waals surface area contributed by atoms with Gasteiger partial charge in [0.05, 0.1) is 17.9 Å². The summed E-state index contributed by atoms with van der Waals surface area (Å²) in [5.41, 5.74) is 8.18. The van der Waals surface area contributed by atoms with Crippen molar-refractivity contribution in [1.82, 2.24) is 4.90 Å². The lowest BCUT2D eigenvalue weighted by atomic mass is 9.96. The van der Waals surface area contributed by atoms with Crippen LogP contribution in [-0.4, -0.2) is 37.3 Å². The summed E-state index contributed by atoms with van der Waals surface area (Å²) in [4.78, 5) is 4.75. The van der Waals surface area contributed by atoms with E-state index in [-0.39, 0.29) is 17.7 Å². The Kier molecular flexibility index (Phi) is 7.33. The maximum Gasteiger partial charge on any atom is 0.123 e. The van der Waals surface area contributed by atoms with Gasteiger partial charge in [-0.05, 0) is 65.2 Å². The van der Waals surface area contributed by atoms with Crippen LogP contribution in [0.25, 0.3) is 0 Å². The van der Waals surface area contributed by atoms with Gasteiger partial charge in [0.2, 0.25) is 0 Å². The number of nitrogens with one attached hydrogen (secondary N) is 1. The van der Waals surface area contributed by atoms with Gasteiger partial charge in [-0.2, -0.15) is 5.10 Å². The molecule has 36 heavy (non-hydrogen) atoms. The number of nitrogens with zero attached hydrogens (tertiary/aromatic N) is 3. The van der Waals surface area contributed by atoms with E-state index in [4.69, 9.17) is 0 Å². The minimum atomic E-state index is -0.259. The summed E-state index contributed by atoms with van der Waals surface area (Å²) >= 11 is 0. The second-order valence-corrected chi connectivity index (χ2v) is 8.86. The third-order valence-electron chi connectivity index (χ3n) is 6.49. The number of rotatable bonds is 7. The maximum atomic E-state index is 13.6. The maximum absolute atomic E-state index is 13.6. The van der Waals surface area contributed by atoms with Crippen LogP contribution in [0.1, 0.15) is 22.7 Å². The molecule has 0 amide bonds. The van der Waals surface area contributed by atoms with Crippen molar-refractivity contribution < 1.29 is 8.78 Å². The monoisotopic (exact) mass is 482 g/mol. The van der Waals surface area contributed by atoms with Crippen LogP contribution in [0.4, 0.5) is 20.2 Å². The third-order valence-corrected chi connectivity index (χ3v) is 6.49. The summed E-state index contributed by atoms with van der Waals surface area (Å²) in [5, 5.41) is 4.31. The normalized spacial score (nSPS) is 14.5. The molecule has 0 atom stereocenters. The standard InChI is InChI=1S/C30H28F2N4/c31-26-12-8-24(9-13-26)30(25-10-14-27(32)15-11-25)36-20-18-35(19-21-36)29-16-6-23(7-17-29)22-33-34-28-4-2-1-3-5-28/h1-17,22,30,34H,18-21H2. The highest BCUT2D eigenvalue weighted by Gasteiger charge is 2.26. The van der Waals surface area contributed by atoms with Gasteiger partial charge in [-0.15, -0.1) is 0 Å². The number of halogens is 2. The molecular weight excluding hydrogens is 454 g/mol. The first-order valence-corrected chi connectivity index (χ1v) is 12.1. The molecule has 6 heteroatoms. The zero-order chi connectivity index (χ0) is 24.7. The van der Waals surface area contributed by atoms with E-state index < -0.39 is 0 Å². The lowest BCUT2D eigenvalue weighted by Gasteiger charge is -2.40. The fourth-order valence-corrected chi connectivity index (χ4v) is 4.61. The second kappa shape index (κ2) is 11.1. The molecule has 0 saturated carbocycles. The van der Waals surface area contributed by atoms with Gasteiger partial charge >= 0.3 is 0 Å². The first-order chi connectivity index (χ1) is 17.7. The molecule has 182 valence electrons. The smallest absolute Gasteiger partial charge is 0.123 e. The molecule has 1 aliphatic rings. The van der Waals surface area contributed by atoms with E-state index in [2.05, 4.69) is 44.6 Å². The second-order valence-electron chi connectivity index (χ2n) is 8.86. The lowest BCUT2D eigenvalue weighted by molar-refractivity contribution is 0.212. The molecule has 1 fully saturated rings. The van der Waals surface area contributed by atoms with E-state index in [9.17, 15) is 8.78 Å². The molecule has 4 nitrogen and oxygen atoms in total. The van der Waals surface area contributed by atoms with Crippen LogP contribution in [0.5, 0.6) is 0 Å². The summed E-state index contributed by atoms with van der Waals surface area (Å²) < 4.78 is 27.2. The molecule has 4 aromatic carbocycles. The zero-order valence-electron chi connectivity index (χ0n) is 19.9. The summed E-state index contributed by atoms with van der Waals surface area (Å²) in [5.74, 6) is -0.517. The average molecular weight is 483 g/mol. The Morgan fingerprint density at radius 3 is 1.78 bits per heavy atom. The van der Waals surface area contributed by atoms with E-state index in [0.717, 1.165) is 48.6 Å². The van der Waals surface area contributed by atoms with Gasteiger partial charge in [-0.1, -0.05) is 54.6 Å². The van der Waals surface area contributed by atoms with Crippen molar-refractivity contribution in [3.05, 3.63) is 131 Å². The van der Waals surface area contributed by atoms with E-state index >= 15 is 0 Å². The van der Waals surface area contributed by atoms with Crippen LogP contribution in [0, 0.1) is 11.6 Å². The molecule has 0 radical (unpaired) electrons. The Labute approximate surface area is 210 Å². The van der Waals surface area contributed by atoms with Crippen molar-refractivity contribution in [2.24, 2.45) is 5.10 Å². The van der Waals surface area contributed by atoms with Gasteiger partial charge in [0.15, 0.2) is 0 Å². The van der Waals surface area contributed by atoms with Crippen LogP contribution in [0.2, 0.25) is 0 Å². The van der Waals surface area contributed by atoms with Crippen LogP contribution in [0.15, 0.2) is 108 Å². The Morgan fingerprint density at radius 1 is 0.667 bits per heavy atom. The molecule has 0 spiro atoms.